The van der Waals surface area contributed by atoms with E-state index in [9.17, 15) is 0 Å². The van der Waals surface area contributed by atoms with Gasteiger partial charge in [-0.3, -0.25) is 4.98 Å². The zero-order chi connectivity index (χ0) is 26.9. The van der Waals surface area contributed by atoms with Crippen molar-refractivity contribution in [2.45, 2.75) is 168 Å². The number of H-pyrrole nitrogens is 1. The normalized spacial score (nSPS) is 13.1. The monoisotopic (exact) mass is 523 g/mol. The van der Waals surface area contributed by atoms with Gasteiger partial charge in [0.1, 0.15) is 18.4 Å². The lowest BCUT2D eigenvalue weighted by atomic mass is 9.84. The predicted octanol–water partition coefficient (Wildman–Crippen LogP) is 11.3. The zero-order valence-electron chi connectivity index (χ0n) is 25.5. The average molecular weight is 524 g/mol. The van der Waals surface area contributed by atoms with Crippen molar-refractivity contribution in [1.29, 1.82) is 0 Å². The number of aromatic nitrogens is 2. The van der Waals surface area contributed by atoms with E-state index in [1.807, 2.05) is 0 Å². The summed E-state index contributed by atoms with van der Waals surface area (Å²) in [5, 5.41) is 0. The first-order chi connectivity index (χ1) is 18.8. The number of aromatic amines is 1. The van der Waals surface area contributed by atoms with Gasteiger partial charge in [0.2, 0.25) is 6.33 Å². The minimum Gasteiger partial charge on any atom is -0.250 e. The fraction of sp³-hybridized carbons (Fsp3) is 0.750. The number of unbranched alkanes of at least 4 members (excludes halogenated alkanes) is 18. The molecule has 38 heavy (non-hydrogen) atoms. The third-order valence-corrected chi connectivity index (χ3v) is 8.62. The predicted molar refractivity (Wildman–Crippen MR) is 167 cm³/mol. The van der Waals surface area contributed by atoms with Gasteiger partial charge in [-0.1, -0.05) is 166 Å². The quantitative estimate of drug-likeness (QED) is 0.0934. The van der Waals surface area contributed by atoms with Crippen LogP contribution in [0.4, 0.5) is 0 Å². The summed E-state index contributed by atoms with van der Waals surface area (Å²) in [5.74, 6) is 0.714. The molecule has 0 aliphatic heterocycles. The summed E-state index contributed by atoms with van der Waals surface area (Å²) >= 11 is 0. The second kappa shape index (κ2) is 23.3. The SMILES string of the molecule is CCCCCCCCCCCCCCCCCCCC(C(CCCCC)Cc1ccccc1)[n+]1cc[nH]c1. The van der Waals surface area contributed by atoms with Crippen molar-refractivity contribution < 1.29 is 4.57 Å². The van der Waals surface area contributed by atoms with E-state index in [-0.39, 0.29) is 0 Å². The highest BCUT2D eigenvalue weighted by molar-refractivity contribution is 5.15. The molecule has 1 aromatic heterocycles. The minimum absolute atomic E-state index is 0.606. The smallest absolute Gasteiger partial charge is 0.241 e. The topological polar surface area (TPSA) is 19.7 Å². The van der Waals surface area contributed by atoms with Gasteiger partial charge in [0.25, 0.3) is 0 Å². The number of benzene rings is 1. The first-order valence-corrected chi connectivity index (χ1v) is 16.9. The molecule has 0 aliphatic carbocycles. The summed E-state index contributed by atoms with van der Waals surface area (Å²) in [6.45, 7) is 4.63. The third-order valence-electron chi connectivity index (χ3n) is 8.62. The molecule has 0 amide bonds. The van der Waals surface area contributed by atoms with Crippen molar-refractivity contribution in [3.05, 3.63) is 54.6 Å². The third kappa shape index (κ3) is 15.7. The largest absolute Gasteiger partial charge is 0.250 e. The van der Waals surface area contributed by atoms with Crippen LogP contribution in [-0.2, 0) is 6.42 Å². The van der Waals surface area contributed by atoms with E-state index in [0.717, 1.165) is 0 Å². The van der Waals surface area contributed by atoms with E-state index in [2.05, 4.69) is 72.5 Å². The number of nitrogens with zero attached hydrogens (tertiary/aromatic N) is 1. The minimum atomic E-state index is 0.606. The highest BCUT2D eigenvalue weighted by Gasteiger charge is 2.26. The molecule has 0 aliphatic rings. The molecule has 1 aromatic carbocycles. The lowest BCUT2D eigenvalue weighted by Crippen LogP contribution is -2.42. The Morgan fingerprint density at radius 1 is 0.579 bits per heavy atom. The van der Waals surface area contributed by atoms with Gasteiger partial charge in [-0.25, -0.2) is 4.57 Å². The summed E-state index contributed by atoms with van der Waals surface area (Å²) < 4.78 is 2.48. The van der Waals surface area contributed by atoms with Crippen molar-refractivity contribution in [1.82, 2.24) is 4.98 Å². The highest BCUT2D eigenvalue weighted by atomic mass is 15.1. The lowest BCUT2D eigenvalue weighted by Gasteiger charge is -2.25. The molecule has 2 nitrogen and oxygen atoms in total. The van der Waals surface area contributed by atoms with Crippen molar-refractivity contribution in [3.63, 3.8) is 0 Å². The van der Waals surface area contributed by atoms with Gasteiger partial charge >= 0.3 is 0 Å². The van der Waals surface area contributed by atoms with E-state index in [1.165, 1.54) is 153 Å². The second-order valence-electron chi connectivity index (χ2n) is 12.0. The Morgan fingerprint density at radius 2 is 1.05 bits per heavy atom. The first-order valence-electron chi connectivity index (χ1n) is 16.9. The molecule has 216 valence electrons. The molecule has 2 unspecified atom stereocenters. The molecule has 1 heterocycles. The van der Waals surface area contributed by atoms with Crippen molar-refractivity contribution >= 4 is 0 Å². The van der Waals surface area contributed by atoms with Crippen molar-refractivity contribution in [2.75, 3.05) is 0 Å². The molecule has 0 saturated carbocycles. The number of imidazole rings is 1. The Labute approximate surface area is 237 Å². The van der Waals surface area contributed by atoms with Gasteiger partial charge in [0.05, 0.1) is 0 Å². The molecule has 0 radical (unpaired) electrons. The molecule has 0 spiro atoms. The summed E-state index contributed by atoms with van der Waals surface area (Å²) in [7, 11) is 0. The van der Waals surface area contributed by atoms with Gasteiger partial charge in [-0.2, -0.15) is 0 Å². The Morgan fingerprint density at radius 3 is 1.55 bits per heavy atom. The van der Waals surface area contributed by atoms with Crippen LogP contribution in [-0.4, -0.2) is 4.98 Å². The molecular weight excluding hydrogens is 460 g/mol. The van der Waals surface area contributed by atoms with Crippen molar-refractivity contribution in [2.24, 2.45) is 5.92 Å². The fourth-order valence-electron chi connectivity index (χ4n) is 6.22. The van der Waals surface area contributed by atoms with Crippen LogP contribution in [0.25, 0.3) is 0 Å². The molecule has 1 N–H and O–H groups in total. The summed E-state index contributed by atoms with van der Waals surface area (Å²) in [6.07, 6.45) is 38.9. The highest BCUT2D eigenvalue weighted by Crippen LogP contribution is 2.29. The van der Waals surface area contributed by atoms with Crippen LogP contribution in [0.2, 0.25) is 0 Å². The van der Waals surface area contributed by atoms with Gasteiger partial charge in [-0.05, 0) is 31.2 Å². The van der Waals surface area contributed by atoms with Gasteiger partial charge in [-0.15, -0.1) is 0 Å². The van der Waals surface area contributed by atoms with Crippen LogP contribution in [0.1, 0.15) is 167 Å². The summed E-state index contributed by atoms with van der Waals surface area (Å²) in [4.78, 5) is 3.32. The van der Waals surface area contributed by atoms with Crippen LogP contribution < -0.4 is 4.57 Å². The maximum absolute atomic E-state index is 3.32. The Hall–Kier alpha value is -1.57. The maximum atomic E-state index is 3.32. The molecule has 2 atom stereocenters. The van der Waals surface area contributed by atoms with Crippen LogP contribution in [0.3, 0.4) is 0 Å². The van der Waals surface area contributed by atoms with E-state index < -0.39 is 0 Å². The van der Waals surface area contributed by atoms with Gasteiger partial charge in [0, 0.05) is 5.92 Å². The molecule has 0 bridgehead atoms. The second-order valence-corrected chi connectivity index (χ2v) is 12.0. The number of hydrogen-bond donors (Lipinski definition) is 1. The van der Waals surface area contributed by atoms with Crippen LogP contribution in [0.5, 0.6) is 0 Å². The lowest BCUT2D eigenvalue weighted by molar-refractivity contribution is -0.730. The maximum Gasteiger partial charge on any atom is 0.241 e. The Bertz CT molecular complexity index is 723. The van der Waals surface area contributed by atoms with Crippen LogP contribution in [0.15, 0.2) is 49.1 Å². The Kier molecular flexibility index (Phi) is 20.0. The average Bonchev–Trinajstić information content (AvgIpc) is 3.47. The summed E-state index contributed by atoms with van der Waals surface area (Å²) in [6, 6.07) is 11.8. The molecular formula is C36H63N2+. The van der Waals surface area contributed by atoms with E-state index in [4.69, 9.17) is 0 Å². The number of hydrogen-bond acceptors (Lipinski definition) is 0. The van der Waals surface area contributed by atoms with Gasteiger partial charge in [0.15, 0.2) is 0 Å². The Balaban J connectivity index is 1.59. The molecule has 2 aromatic rings. The van der Waals surface area contributed by atoms with Crippen molar-refractivity contribution in [3.8, 4) is 0 Å². The van der Waals surface area contributed by atoms with E-state index in [0.29, 0.717) is 12.0 Å². The zero-order valence-corrected chi connectivity index (χ0v) is 25.5. The van der Waals surface area contributed by atoms with E-state index in [1.54, 1.807) is 0 Å². The molecule has 0 fully saturated rings. The van der Waals surface area contributed by atoms with E-state index >= 15 is 0 Å². The number of rotatable bonds is 26. The standard InChI is InChI=1S/C36H62N2/c1-3-5-7-8-9-10-11-12-13-14-15-16-17-18-19-20-25-29-36(38-31-30-37-33-38)35(28-22-6-4-2)32-34-26-23-21-24-27-34/h21,23-24,26-27,30-31,33,35-36H,3-20,22,25,28-29,32H2,1-2H3/p+1. The fourth-order valence-corrected chi connectivity index (χ4v) is 6.22. The molecule has 2 heteroatoms. The van der Waals surface area contributed by atoms with Crippen LogP contribution in [0, 0.1) is 5.92 Å². The van der Waals surface area contributed by atoms with Crippen LogP contribution >= 0.6 is 0 Å². The van der Waals surface area contributed by atoms with Gasteiger partial charge < -0.3 is 0 Å². The summed E-state index contributed by atoms with van der Waals surface area (Å²) in [5.41, 5.74) is 1.50. The first kappa shape index (κ1) is 32.6. The number of nitrogens with one attached hydrogen (secondary N) is 1. The molecule has 2 rings (SSSR count). The molecule has 0 saturated heterocycles.